The monoisotopic (exact) mass is 570 g/mol. The van der Waals surface area contributed by atoms with Gasteiger partial charge in [0.2, 0.25) is 0 Å². The molecule has 0 fully saturated rings. The van der Waals surface area contributed by atoms with E-state index < -0.39 is 0 Å². The molecule has 6 aromatic carbocycles. The maximum absolute atomic E-state index is 3.94. The van der Waals surface area contributed by atoms with E-state index in [0.717, 1.165) is 17.1 Å². The Morgan fingerprint density at radius 3 is 1.91 bits per heavy atom. The van der Waals surface area contributed by atoms with Crippen molar-refractivity contribution >= 4 is 62.1 Å². The standard InChI is InChI=1S/C40H30N2S/c1-28-38(25-26-41-2)43-39-14-8-13-37(40(28)39)42(35-21-17-31(18-22-35)29-9-4-3-5-10-29)36-23-19-32(20-24-36)34-16-15-30-11-6-7-12-33(30)27-34/h3-27H,2H2,1H3/b26-25-. The second kappa shape index (κ2) is 11.6. The Morgan fingerprint density at radius 2 is 1.21 bits per heavy atom. The number of anilines is 3. The van der Waals surface area contributed by atoms with Gasteiger partial charge < -0.3 is 4.90 Å². The van der Waals surface area contributed by atoms with Gasteiger partial charge in [0.25, 0.3) is 0 Å². The number of thiophene rings is 1. The molecule has 0 aliphatic heterocycles. The molecule has 2 nitrogen and oxygen atoms in total. The minimum Gasteiger partial charge on any atom is -0.310 e. The van der Waals surface area contributed by atoms with Gasteiger partial charge in [0.05, 0.1) is 5.69 Å². The van der Waals surface area contributed by atoms with E-state index in [0.29, 0.717) is 0 Å². The summed E-state index contributed by atoms with van der Waals surface area (Å²) in [5.74, 6) is 0. The second-order valence-electron chi connectivity index (χ2n) is 10.6. The van der Waals surface area contributed by atoms with Gasteiger partial charge in [-0.15, -0.1) is 11.3 Å². The molecule has 0 amide bonds. The Hall–Kier alpha value is -5.25. The van der Waals surface area contributed by atoms with E-state index in [1.54, 1.807) is 17.5 Å². The first-order valence-electron chi connectivity index (χ1n) is 14.4. The number of fused-ring (bicyclic) bond motifs is 2. The minimum absolute atomic E-state index is 1.11. The largest absolute Gasteiger partial charge is 0.310 e. The van der Waals surface area contributed by atoms with Crippen molar-refractivity contribution in [3.05, 3.63) is 156 Å². The predicted octanol–water partition coefficient (Wildman–Crippen LogP) is 11.8. The van der Waals surface area contributed by atoms with E-state index in [1.165, 1.54) is 53.6 Å². The highest BCUT2D eigenvalue weighted by molar-refractivity contribution is 7.20. The van der Waals surface area contributed by atoms with Gasteiger partial charge in [0.1, 0.15) is 0 Å². The van der Waals surface area contributed by atoms with Gasteiger partial charge in [-0.2, -0.15) is 0 Å². The number of rotatable bonds is 7. The van der Waals surface area contributed by atoms with Crippen LogP contribution in [0.25, 0.3) is 49.2 Å². The van der Waals surface area contributed by atoms with Crippen molar-refractivity contribution in [1.82, 2.24) is 0 Å². The first-order chi connectivity index (χ1) is 21.2. The fraction of sp³-hybridized carbons (Fsp3) is 0.0250. The summed E-state index contributed by atoms with van der Waals surface area (Å²) in [6.45, 7) is 5.82. The molecule has 43 heavy (non-hydrogen) atoms. The van der Waals surface area contributed by atoms with Crippen LogP contribution in [0.15, 0.2) is 151 Å². The molecule has 0 saturated heterocycles. The van der Waals surface area contributed by atoms with Crippen LogP contribution in [0.4, 0.5) is 17.1 Å². The molecule has 206 valence electrons. The molecule has 0 bridgehead atoms. The molecular weight excluding hydrogens is 541 g/mol. The van der Waals surface area contributed by atoms with Crippen LogP contribution in [0.3, 0.4) is 0 Å². The molecule has 0 spiro atoms. The normalized spacial score (nSPS) is 11.4. The Kier molecular flexibility index (Phi) is 7.16. The van der Waals surface area contributed by atoms with Gasteiger partial charge in [-0.25, -0.2) is 0 Å². The maximum Gasteiger partial charge on any atom is 0.0551 e. The molecule has 0 atom stereocenters. The minimum atomic E-state index is 1.11. The lowest BCUT2D eigenvalue weighted by molar-refractivity contribution is 1.29. The number of hydrogen-bond acceptors (Lipinski definition) is 3. The lowest BCUT2D eigenvalue weighted by Gasteiger charge is -2.27. The zero-order valence-corrected chi connectivity index (χ0v) is 24.8. The number of aryl methyl sites for hydroxylation is 1. The molecule has 0 N–H and O–H groups in total. The van der Waals surface area contributed by atoms with Gasteiger partial charge in [-0.05, 0) is 101 Å². The third kappa shape index (κ3) is 5.16. The Morgan fingerprint density at radius 1 is 0.605 bits per heavy atom. The third-order valence-corrected chi connectivity index (χ3v) is 9.20. The summed E-state index contributed by atoms with van der Waals surface area (Å²) < 4.78 is 1.25. The van der Waals surface area contributed by atoms with Gasteiger partial charge in [0, 0.05) is 32.5 Å². The van der Waals surface area contributed by atoms with E-state index in [2.05, 4.69) is 163 Å². The van der Waals surface area contributed by atoms with Crippen molar-refractivity contribution in [2.45, 2.75) is 6.92 Å². The molecule has 3 heteroatoms. The fourth-order valence-electron chi connectivity index (χ4n) is 5.80. The van der Waals surface area contributed by atoms with Gasteiger partial charge >= 0.3 is 0 Å². The second-order valence-corrected chi connectivity index (χ2v) is 11.7. The SMILES string of the molecule is C=N/C=C\c1sc2cccc(N(c3ccc(-c4ccccc4)cc3)c3ccc(-c4ccc5ccccc5c4)cc3)c2c1C. The molecule has 0 saturated carbocycles. The van der Waals surface area contributed by atoms with Crippen molar-refractivity contribution in [2.75, 3.05) is 4.90 Å². The molecule has 1 heterocycles. The first-order valence-corrected chi connectivity index (χ1v) is 15.2. The molecular formula is C40H30N2S. The highest BCUT2D eigenvalue weighted by Gasteiger charge is 2.19. The zero-order valence-electron chi connectivity index (χ0n) is 23.9. The molecule has 0 aliphatic rings. The van der Waals surface area contributed by atoms with Crippen molar-refractivity contribution < 1.29 is 0 Å². The Labute approximate surface area is 256 Å². The summed E-state index contributed by atoms with van der Waals surface area (Å²) in [6, 6.07) is 50.1. The molecule has 7 rings (SSSR count). The lowest BCUT2D eigenvalue weighted by atomic mass is 10.0. The lowest BCUT2D eigenvalue weighted by Crippen LogP contribution is -2.10. The van der Waals surface area contributed by atoms with E-state index in [9.17, 15) is 0 Å². The van der Waals surface area contributed by atoms with Gasteiger partial charge in [0.15, 0.2) is 0 Å². The van der Waals surface area contributed by atoms with Crippen LogP contribution < -0.4 is 4.90 Å². The average Bonchev–Trinajstić information content (AvgIpc) is 3.40. The van der Waals surface area contributed by atoms with Crippen LogP contribution in [0.5, 0.6) is 0 Å². The van der Waals surface area contributed by atoms with Crippen LogP contribution in [-0.2, 0) is 0 Å². The van der Waals surface area contributed by atoms with E-state index in [1.807, 2.05) is 6.08 Å². The number of benzene rings is 6. The summed E-state index contributed by atoms with van der Waals surface area (Å²) in [5, 5.41) is 3.76. The quantitative estimate of drug-likeness (QED) is 0.174. The Balaban J connectivity index is 1.35. The molecule has 0 radical (unpaired) electrons. The van der Waals surface area contributed by atoms with Crippen LogP contribution in [0.1, 0.15) is 10.4 Å². The van der Waals surface area contributed by atoms with E-state index in [4.69, 9.17) is 0 Å². The highest BCUT2D eigenvalue weighted by Crippen LogP contribution is 2.44. The van der Waals surface area contributed by atoms with Crippen molar-refractivity contribution in [1.29, 1.82) is 0 Å². The van der Waals surface area contributed by atoms with E-state index in [-0.39, 0.29) is 0 Å². The van der Waals surface area contributed by atoms with Crippen molar-refractivity contribution in [2.24, 2.45) is 4.99 Å². The molecule has 0 unspecified atom stereocenters. The number of aliphatic imine (C=N–C) groups is 1. The maximum atomic E-state index is 3.94. The van der Waals surface area contributed by atoms with Crippen molar-refractivity contribution in [3.63, 3.8) is 0 Å². The summed E-state index contributed by atoms with van der Waals surface area (Å²) in [7, 11) is 0. The third-order valence-electron chi connectivity index (χ3n) is 7.98. The summed E-state index contributed by atoms with van der Waals surface area (Å²) in [5.41, 5.74) is 9.45. The summed E-state index contributed by atoms with van der Waals surface area (Å²) >= 11 is 1.78. The average molecular weight is 571 g/mol. The van der Waals surface area contributed by atoms with Crippen molar-refractivity contribution in [3.8, 4) is 22.3 Å². The zero-order chi connectivity index (χ0) is 29.2. The van der Waals surface area contributed by atoms with Crippen LogP contribution >= 0.6 is 11.3 Å². The topological polar surface area (TPSA) is 15.6 Å². The van der Waals surface area contributed by atoms with Gasteiger partial charge in [-0.1, -0.05) is 97.1 Å². The van der Waals surface area contributed by atoms with Crippen LogP contribution in [0.2, 0.25) is 0 Å². The van der Waals surface area contributed by atoms with Crippen LogP contribution in [0, 0.1) is 6.92 Å². The first kappa shape index (κ1) is 26.6. The highest BCUT2D eigenvalue weighted by atomic mass is 32.1. The smallest absolute Gasteiger partial charge is 0.0551 e. The molecule has 1 aromatic heterocycles. The Bertz CT molecular complexity index is 2090. The number of nitrogens with zero attached hydrogens (tertiary/aromatic N) is 2. The summed E-state index contributed by atoms with van der Waals surface area (Å²) in [4.78, 5) is 7.51. The predicted molar refractivity (Wildman–Crippen MR) is 188 cm³/mol. The number of hydrogen-bond donors (Lipinski definition) is 0. The molecule has 7 aromatic rings. The van der Waals surface area contributed by atoms with Gasteiger partial charge in [-0.3, -0.25) is 4.99 Å². The van der Waals surface area contributed by atoms with Crippen LogP contribution in [-0.4, -0.2) is 6.72 Å². The molecule has 0 aliphatic carbocycles. The summed E-state index contributed by atoms with van der Waals surface area (Å²) in [6.07, 6.45) is 3.82. The van der Waals surface area contributed by atoms with E-state index >= 15 is 0 Å². The fourth-order valence-corrected chi connectivity index (χ4v) is 6.93.